The Labute approximate surface area is 99.2 Å². The summed E-state index contributed by atoms with van der Waals surface area (Å²) in [5.74, 6) is 1.08. The van der Waals surface area contributed by atoms with Crippen LogP contribution in [-0.4, -0.2) is 33.6 Å². The van der Waals surface area contributed by atoms with Crippen LogP contribution in [0.5, 0.6) is 0 Å². The van der Waals surface area contributed by atoms with Crippen LogP contribution in [0.1, 0.15) is 19.7 Å². The minimum atomic E-state index is 0.154. The number of alkyl halides is 1. The van der Waals surface area contributed by atoms with Crippen molar-refractivity contribution in [1.29, 1.82) is 0 Å². The van der Waals surface area contributed by atoms with Crippen molar-refractivity contribution in [2.75, 3.05) is 24.0 Å². The van der Waals surface area contributed by atoms with E-state index >= 15 is 0 Å². The van der Waals surface area contributed by atoms with Crippen molar-refractivity contribution < 1.29 is 4.42 Å². The molecule has 6 heteroatoms. The molecule has 0 radical (unpaired) electrons. The largest absolute Gasteiger partial charge is 0.408 e. The van der Waals surface area contributed by atoms with E-state index in [9.17, 15) is 0 Å². The molecule has 0 saturated carbocycles. The summed E-state index contributed by atoms with van der Waals surface area (Å²) >= 11 is 7.36. The van der Waals surface area contributed by atoms with Gasteiger partial charge in [0.05, 0.1) is 0 Å². The van der Waals surface area contributed by atoms with Gasteiger partial charge in [0.2, 0.25) is 5.89 Å². The van der Waals surface area contributed by atoms with Gasteiger partial charge in [0.1, 0.15) is 0 Å². The molecule has 1 aromatic rings. The second kappa shape index (κ2) is 5.61. The van der Waals surface area contributed by atoms with Crippen molar-refractivity contribution in [3.63, 3.8) is 0 Å². The average Bonchev–Trinajstić information content (AvgIpc) is 2.64. The Morgan fingerprint density at radius 3 is 2.80 bits per heavy atom. The second-order valence-corrected chi connectivity index (χ2v) is 5.65. The fourth-order valence-corrected chi connectivity index (χ4v) is 1.25. The lowest BCUT2D eigenvalue weighted by Crippen LogP contribution is -2.25. The Balaban J connectivity index is 2.44. The number of hydrogen-bond donors (Lipinski definition) is 1. The predicted octanol–water partition coefficient (Wildman–Crippen LogP) is 2.40. The van der Waals surface area contributed by atoms with Crippen LogP contribution in [0.25, 0.3) is 0 Å². The van der Waals surface area contributed by atoms with Crippen LogP contribution < -0.4 is 5.32 Å². The third kappa shape index (κ3) is 4.30. The zero-order valence-electron chi connectivity index (χ0n) is 9.21. The third-order valence-electron chi connectivity index (χ3n) is 1.99. The van der Waals surface area contributed by atoms with E-state index in [1.165, 1.54) is 0 Å². The maximum absolute atomic E-state index is 5.57. The van der Waals surface area contributed by atoms with Gasteiger partial charge in [0, 0.05) is 23.6 Å². The van der Waals surface area contributed by atoms with Crippen molar-refractivity contribution in [3.8, 4) is 0 Å². The van der Waals surface area contributed by atoms with Gasteiger partial charge in [-0.05, 0) is 20.1 Å². The molecule has 0 bridgehead atoms. The molecule has 4 nitrogen and oxygen atoms in total. The lowest BCUT2D eigenvalue weighted by molar-refractivity contribution is 0.509. The number of aryl methyl sites for hydroxylation is 1. The Morgan fingerprint density at radius 2 is 2.20 bits per heavy atom. The molecule has 1 rings (SSSR count). The molecule has 1 aromatic heterocycles. The van der Waals surface area contributed by atoms with Crippen LogP contribution in [0.2, 0.25) is 0 Å². The minimum Gasteiger partial charge on any atom is -0.408 e. The summed E-state index contributed by atoms with van der Waals surface area (Å²) in [6.07, 6.45) is 2.69. The Bertz CT molecular complexity index is 303. The molecule has 0 aliphatic rings. The van der Waals surface area contributed by atoms with Crippen molar-refractivity contribution in [3.05, 3.63) is 5.89 Å². The number of anilines is 1. The molecule has 0 aliphatic heterocycles. The first-order valence-corrected chi connectivity index (χ1v) is 6.51. The van der Waals surface area contributed by atoms with Crippen molar-refractivity contribution in [2.24, 2.45) is 0 Å². The summed E-state index contributed by atoms with van der Waals surface area (Å²) in [5, 5.41) is 10.8. The monoisotopic (exact) mass is 249 g/mol. The lowest BCUT2D eigenvalue weighted by atomic mass is 10.2. The summed E-state index contributed by atoms with van der Waals surface area (Å²) in [4.78, 5) is 0. The zero-order chi connectivity index (χ0) is 11.3. The van der Waals surface area contributed by atoms with Gasteiger partial charge in [-0.25, -0.2) is 0 Å². The minimum absolute atomic E-state index is 0.154. The summed E-state index contributed by atoms with van der Waals surface area (Å²) in [7, 11) is 0. The molecule has 15 heavy (non-hydrogen) atoms. The molecule has 0 fully saturated rings. The smallest absolute Gasteiger partial charge is 0.315 e. The fourth-order valence-electron chi connectivity index (χ4n) is 0.868. The SMILES string of the molecule is CSC(C)(C)CNc1nnc(CCCl)o1. The van der Waals surface area contributed by atoms with Crippen LogP contribution in [0.4, 0.5) is 6.01 Å². The van der Waals surface area contributed by atoms with Gasteiger partial charge in [-0.1, -0.05) is 5.10 Å². The molecule has 1 N–H and O–H groups in total. The van der Waals surface area contributed by atoms with Gasteiger partial charge in [-0.15, -0.1) is 16.7 Å². The van der Waals surface area contributed by atoms with Crippen LogP contribution in [-0.2, 0) is 6.42 Å². The molecular weight excluding hydrogens is 234 g/mol. The molecule has 0 saturated heterocycles. The maximum atomic E-state index is 5.57. The van der Waals surface area contributed by atoms with Crippen molar-refractivity contribution in [2.45, 2.75) is 25.0 Å². The average molecular weight is 250 g/mol. The van der Waals surface area contributed by atoms with Gasteiger partial charge in [0.25, 0.3) is 0 Å². The normalized spacial score (nSPS) is 11.7. The van der Waals surface area contributed by atoms with Gasteiger partial charge >= 0.3 is 6.01 Å². The molecule has 0 aromatic carbocycles. The van der Waals surface area contributed by atoms with Crippen LogP contribution in [0, 0.1) is 0 Å². The summed E-state index contributed by atoms with van der Waals surface area (Å²) < 4.78 is 5.49. The van der Waals surface area contributed by atoms with Crippen LogP contribution in [0.15, 0.2) is 4.42 Å². The highest BCUT2D eigenvalue weighted by Gasteiger charge is 2.16. The highest BCUT2D eigenvalue weighted by Crippen LogP contribution is 2.21. The number of rotatable bonds is 6. The van der Waals surface area contributed by atoms with E-state index in [4.69, 9.17) is 16.0 Å². The molecular formula is C9H16ClN3OS. The van der Waals surface area contributed by atoms with E-state index < -0.39 is 0 Å². The molecule has 0 unspecified atom stereocenters. The van der Waals surface area contributed by atoms with E-state index in [-0.39, 0.29) is 4.75 Å². The summed E-state index contributed by atoms with van der Waals surface area (Å²) in [6, 6.07) is 0.470. The second-order valence-electron chi connectivity index (χ2n) is 3.76. The first-order chi connectivity index (χ1) is 7.07. The summed E-state index contributed by atoms with van der Waals surface area (Å²) in [6.45, 7) is 5.10. The Morgan fingerprint density at radius 1 is 1.47 bits per heavy atom. The number of thioether (sulfide) groups is 1. The van der Waals surface area contributed by atoms with E-state index in [0.29, 0.717) is 24.2 Å². The Kier molecular flexibility index (Phi) is 4.73. The van der Waals surface area contributed by atoms with Crippen LogP contribution >= 0.6 is 23.4 Å². The number of hydrogen-bond acceptors (Lipinski definition) is 5. The van der Waals surface area contributed by atoms with E-state index in [1.54, 1.807) is 11.8 Å². The van der Waals surface area contributed by atoms with Crippen LogP contribution in [0.3, 0.4) is 0 Å². The number of aromatic nitrogens is 2. The predicted molar refractivity (Wildman–Crippen MR) is 64.8 cm³/mol. The number of nitrogens with one attached hydrogen (secondary N) is 1. The van der Waals surface area contributed by atoms with E-state index in [2.05, 4.69) is 35.6 Å². The first-order valence-electron chi connectivity index (χ1n) is 4.75. The first kappa shape index (κ1) is 12.6. The topological polar surface area (TPSA) is 51.0 Å². The zero-order valence-corrected chi connectivity index (χ0v) is 10.8. The highest BCUT2D eigenvalue weighted by molar-refractivity contribution is 7.99. The molecule has 0 atom stereocenters. The van der Waals surface area contributed by atoms with E-state index in [1.807, 2.05) is 0 Å². The van der Waals surface area contributed by atoms with Gasteiger partial charge in [0.15, 0.2) is 0 Å². The van der Waals surface area contributed by atoms with Gasteiger partial charge < -0.3 is 9.73 Å². The fraction of sp³-hybridized carbons (Fsp3) is 0.778. The maximum Gasteiger partial charge on any atom is 0.315 e. The standard InChI is InChI=1S/C9H16ClN3OS/c1-9(2,15-3)6-11-8-13-12-7(14-8)4-5-10/h4-6H2,1-3H3,(H,11,13). The molecule has 0 aliphatic carbocycles. The van der Waals surface area contributed by atoms with Crippen molar-refractivity contribution >= 4 is 29.4 Å². The quantitative estimate of drug-likeness (QED) is 0.785. The Hall–Kier alpha value is -0.420. The lowest BCUT2D eigenvalue weighted by Gasteiger charge is -2.21. The summed E-state index contributed by atoms with van der Waals surface area (Å²) in [5.41, 5.74) is 0. The van der Waals surface area contributed by atoms with E-state index in [0.717, 1.165) is 6.54 Å². The number of nitrogens with zero attached hydrogens (tertiary/aromatic N) is 2. The number of halogens is 1. The molecule has 0 spiro atoms. The van der Waals surface area contributed by atoms with Gasteiger partial charge in [-0.3, -0.25) is 0 Å². The molecule has 86 valence electrons. The van der Waals surface area contributed by atoms with Gasteiger partial charge in [-0.2, -0.15) is 11.8 Å². The molecule has 1 heterocycles. The van der Waals surface area contributed by atoms with Crippen molar-refractivity contribution in [1.82, 2.24) is 10.2 Å². The molecule has 0 amide bonds. The highest BCUT2D eigenvalue weighted by atomic mass is 35.5. The third-order valence-corrected chi connectivity index (χ3v) is 3.43.